The van der Waals surface area contributed by atoms with Crippen LogP contribution in [0.5, 0.6) is 0 Å². The Hall–Kier alpha value is -3.33. The molecule has 0 unspecified atom stereocenters. The number of ether oxygens (including phenoxy) is 1. The molecule has 0 bridgehead atoms. The summed E-state index contributed by atoms with van der Waals surface area (Å²) in [4.78, 5) is 16.7. The van der Waals surface area contributed by atoms with Crippen molar-refractivity contribution < 1.29 is 9.13 Å². The first-order chi connectivity index (χ1) is 17.6. The fraction of sp³-hybridized carbons (Fsp3) is 0.481. The molecule has 0 radical (unpaired) electrons. The Bertz CT molecular complexity index is 1380. The Morgan fingerprint density at radius 1 is 1.03 bits per heavy atom. The first kappa shape index (κ1) is 23.1. The number of anilines is 2. The van der Waals surface area contributed by atoms with Crippen LogP contribution < -0.4 is 10.2 Å². The van der Waals surface area contributed by atoms with Crippen LogP contribution in [0.1, 0.15) is 44.7 Å². The van der Waals surface area contributed by atoms with Gasteiger partial charge >= 0.3 is 0 Å². The Labute approximate surface area is 209 Å². The largest absolute Gasteiger partial charge is 0.381 e. The number of benzene rings is 1. The van der Waals surface area contributed by atoms with E-state index < -0.39 is 6.17 Å². The van der Waals surface area contributed by atoms with Gasteiger partial charge in [-0.1, -0.05) is 19.1 Å². The Morgan fingerprint density at radius 3 is 2.50 bits per heavy atom. The number of alkyl halides is 1. The number of methoxy groups -OCH3 is 1. The first-order valence-corrected chi connectivity index (χ1v) is 13.0. The Morgan fingerprint density at radius 2 is 1.81 bits per heavy atom. The standard InChI is InChI=1S/C27H32FN7O/c1-3-20-27(31-22-7-5-4-6-21(22)30-20)23-14-25-32-24(34-13-12-17(28)16-34)15-26(35(25)33-23)29-18-8-10-19(36-2)11-9-18/h4-7,14-15,17-19,29H,3,8-13,16H2,1-2H3/t17-,18-,19-/m1/s1. The molecule has 0 amide bonds. The molecular weight excluding hydrogens is 457 g/mol. The number of rotatable bonds is 6. The van der Waals surface area contributed by atoms with Crippen LogP contribution in [-0.4, -0.2) is 63.1 Å². The summed E-state index contributed by atoms with van der Waals surface area (Å²) in [5.41, 5.74) is 4.87. The normalized spacial score (nSPS) is 22.5. The molecule has 1 aliphatic heterocycles. The molecule has 6 rings (SSSR count). The van der Waals surface area contributed by atoms with Crippen LogP contribution in [0.4, 0.5) is 16.0 Å². The minimum Gasteiger partial charge on any atom is -0.381 e. The molecule has 1 aliphatic carbocycles. The second kappa shape index (κ2) is 9.61. The van der Waals surface area contributed by atoms with Gasteiger partial charge in [-0.05, 0) is 50.7 Å². The third-order valence-electron chi connectivity index (χ3n) is 7.45. The highest BCUT2D eigenvalue weighted by molar-refractivity contribution is 5.78. The van der Waals surface area contributed by atoms with Crippen molar-refractivity contribution in [3.05, 3.63) is 42.1 Å². The van der Waals surface area contributed by atoms with Crippen molar-refractivity contribution in [3.63, 3.8) is 0 Å². The van der Waals surface area contributed by atoms with Crippen LogP contribution >= 0.6 is 0 Å². The van der Waals surface area contributed by atoms with Crippen molar-refractivity contribution in [3.8, 4) is 11.4 Å². The zero-order valence-corrected chi connectivity index (χ0v) is 20.8. The minimum absolute atomic E-state index is 0.321. The third kappa shape index (κ3) is 4.36. The number of halogens is 1. The fourth-order valence-electron chi connectivity index (χ4n) is 5.41. The molecule has 3 aromatic heterocycles. The van der Waals surface area contributed by atoms with E-state index in [-0.39, 0.29) is 0 Å². The molecule has 1 N–H and O–H groups in total. The van der Waals surface area contributed by atoms with E-state index in [2.05, 4.69) is 12.2 Å². The molecule has 4 heterocycles. The smallest absolute Gasteiger partial charge is 0.160 e. The highest BCUT2D eigenvalue weighted by Gasteiger charge is 2.26. The molecule has 188 valence electrons. The van der Waals surface area contributed by atoms with Gasteiger partial charge in [0.1, 0.15) is 29.2 Å². The average molecular weight is 490 g/mol. The van der Waals surface area contributed by atoms with Crippen LogP contribution in [0.15, 0.2) is 36.4 Å². The van der Waals surface area contributed by atoms with Crippen LogP contribution in [0.25, 0.3) is 28.1 Å². The lowest BCUT2D eigenvalue weighted by Crippen LogP contribution is -2.30. The van der Waals surface area contributed by atoms with E-state index in [9.17, 15) is 4.39 Å². The van der Waals surface area contributed by atoms with E-state index in [0.717, 1.165) is 77.5 Å². The third-order valence-corrected chi connectivity index (χ3v) is 7.45. The van der Waals surface area contributed by atoms with Gasteiger partial charge in [0.2, 0.25) is 0 Å². The van der Waals surface area contributed by atoms with Crippen molar-refractivity contribution in [1.82, 2.24) is 24.6 Å². The summed E-state index contributed by atoms with van der Waals surface area (Å²) in [6.45, 7) is 3.12. The Balaban J connectivity index is 1.42. The van der Waals surface area contributed by atoms with Gasteiger partial charge in [-0.15, -0.1) is 0 Å². The van der Waals surface area contributed by atoms with Gasteiger partial charge in [0.15, 0.2) is 5.65 Å². The van der Waals surface area contributed by atoms with Crippen LogP contribution in [-0.2, 0) is 11.2 Å². The number of fused-ring (bicyclic) bond motifs is 2. The minimum atomic E-state index is -0.816. The lowest BCUT2D eigenvalue weighted by molar-refractivity contribution is 0.0681. The van der Waals surface area contributed by atoms with Gasteiger partial charge in [-0.3, -0.25) is 0 Å². The summed E-state index contributed by atoms with van der Waals surface area (Å²) in [6, 6.07) is 12.2. The number of nitrogens with one attached hydrogen (secondary N) is 1. The van der Waals surface area contributed by atoms with Gasteiger partial charge in [0.05, 0.1) is 29.4 Å². The van der Waals surface area contributed by atoms with Gasteiger partial charge < -0.3 is 15.0 Å². The van der Waals surface area contributed by atoms with Gasteiger partial charge in [-0.2, -0.15) is 9.61 Å². The Kier molecular flexibility index (Phi) is 6.17. The summed E-state index contributed by atoms with van der Waals surface area (Å²) in [5, 5.41) is 8.66. The maximum absolute atomic E-state index is 14.0. The molecule has 4 aromatic rings. The number of aryl methyl sites for hydroxylation is 1. The van der Waals surface area contributed by atoms with Crippen molar-refractivity contribution in [2.75, 3.05) is 30.4 Å². The highest BCUT2D eigenvalue weighted by Crippen LogP contribution is 2.30. The molecule has 2 aliphatic rings. The molecular formula is C27H32FN7O. The van der Waals surface area contributed by atoms with E-state index in [1.54, 1.807) is 7.11 Å². The zero-order chi connectivity index (χ0) is 24.6. The van der Waals surface area contributed by atoms with Crippen LogP contribution in [0, 0.1) is 0 Å². The second-order valence-corrected chi connectivity index (χ2v) is 9.85. The van der Waals surface area contributed by atoms with Crippen LogP contribution in [0.2, 0.25) is 0 Å². The van der Waals surface area contributed by atoms with Gasteiger partial charge in [0.25, 0.3) is 0 Å². The average Bonchev–Trinajstić information content (AvgIpc) is 3.54. The molecule has 8 nitrogen and oxygen atoms in total. The van der Waals surface area contributed by atoms with E-state index >= 15 is 0 Å². The summed E-state index contributed by atoms with van der Waals surface area (Å²) in [7, 11) is 1.79. The monoisotopic (exact) mass is 489 g/mol. The number of nitrogens with zero attached hydrogens (tertiary/aromatic N) is 6. The molecule has 9 heteroatoms. The first-order valence-electron chi connectivity index (χ1n) is 13.0. The summed E-state index contributed by atoms with van der Waals surface area (Å²) in [6.07, 6.45) is 4.91. The molecule has 1 saturated heterocycles. The van der Waals surface area contributed by atoms with Crippen molar-refractivity contribution in [2.24, 2.45) is 0 Å². The van der Waals surface area contributed by atoms with Crippen molar-refractivity contribution >= 4 is 28.3 Å². The molecule has 0 spiro atoms. The van der Waals surface area contributed by atoms with Crippen molar-refractivity contribution in [1.29, 1.82) is 0 Å². The van der Waals surface area contributed by atoms with E-state index in [4.69, 9.17) is 24.8 Å². The van der Waals surface area contributed by atoms with E-state index in [1.807, 2.05) is 45.8 Å². The van der Waals surface area contributed by atoms with E-state index in [0.29, 0.717) is 31.7 Å². The second-order valence-electron chi connectivity index (χ2n) is 9.85. The number of aromatic nitrogens is 5. The number of hydrogen-bond acceptors (Lipinski definition) is 7. The topological polar surface area (TPSA) is 80.5 Å². The summed E-state index contributed by atoms with van der Waals surface area (Å²) in [5.74, 6) is 1.65. The van der Waals surface area contributed by atoms with Gasteiger partial charge in [-0.25, -0.2) is 19.3 Å². The molecule has 36 heavy (non-hydrogen) atoms. The molecule has 1 atom stereocenters. The van der Waals surface area contributed by atoms with Gasteiger partial charge in [0, 0.05) is 31.8 Å². The lowest BCUT2D eigenvalue weighted by Gasteiger charge is -2.29. The number of para-hydroxylation sites is 2. The van der Waals surface area contributed by atoms with Crippen LogP contribution in [0.3, 0.4) is 0 Å². The molecule has 1 saturated carbocycles. The predicted molar refractivity (Wildman–Crippen MR) is 139 cm³/mol. The summed E-state index contributed by atoms with van der Waals surface area (Å²) >= 11 is 0. The lowest BCUT2D eigenvalue weighted by atomic mass is 9.93. The number of hydrogen-bond donors (Lipinski definition) is 1. The van der Waals surface area contributed by atoms with Crippen molar-refractivity contribution in [2.45, 2.75) is 63.8 Å². The SMILES string of the molecule is CCc1nc2ccccc2nc1-c1cc2nc(N3CC[C@@H](F)C3)cc(N[C@H]3CC[C@H](OC)CC3)n2n1. The highest BCUT2D eigenvalue weighted by atomic mass is 19.1. The molecule has 1 aromatic carbocycles. The predicted octanol–water partition coefficient (Wildman–Crippen LogP) is 4.82. The quantitative estimate of drug-likeness (QED) is 0.416. The molecule has 2 fully saturated rings. The maximum Gasteiger partial charge on any atom is 0.160 e. The zero-order valence-electron chi connectivity index (χ0n) is 20.8. The summed E-state index contributed by atoms with van der Waals surface area (Å²) < 4.78 is 21.4. The maximum atomic E-state index is 14.0. The fourth-order valence-corrected chi connectivity index (χ4v) is 5.41. The van der Waals surface area contributed by atoms with E-state index in [1.165, 1.54) is 0 Å².